The molecule has 0 saturated carbocycles. The molecule has 0 spiro atoms. The zero-order valence-electron chi connectivity index (χ0n) is 11.1. The molecule has 3 rings (SSSR count). The number of para-hydroxylation sites is 1. The topological polar surface area (TPSA) is 67.2 Å². The number of carbonyl (C=O) groups excluding carboxylic acids is 1. The molecule has 2 amide bonds. The van der Waals surface area contributed by atoms with E-state index in [1.54, 1.807) is 6.20 Å². The van der Waals surface area contributed by atoms with Crippen LogP contribution in [0.3, 0.4) is 0 Å². The maximum atomic E-state index is 11.8. The van der Waals surface area contributed by atoms with Gasteiger partial charge in [-0.05, 0) is 36.4 Å². The van der Waals surface area contributed by atoms with Crippen LogP contribution in [-0.2, 0) is 0 Å². The highest BCUT2D eigenvalue weighted by Gasteiger charge is 2.04. The van der Waals surface area contributed by atoms with E-state index in [1.807, 2.05) is 54.6 Å². The lowest BCUT2D eigenvalue weighted by atomic mass is 10.2. The van der Waals surface area contributed by atoms with E-state index in [2.05, 4.69) is 15.6 Å². The van der Waals surface area contributed by atoms with Crippen LogP contribution < -0.4 is 10.6 Å². The Morgan fingerprint density at radius 2 is 1.57 bits per heavy atom. The molecule has 0 aliphatic carbocycles. The summed E-state index contributed by atoms with van der Waals surface area (Å²) < 4.78 is 5.21. The first-order chi connectivity index (χ1) is 10.3. The molecule has 2 N–H and O–H groups in total. The summed E-state index contributed by atoms with van der Waals surface area (Å²) in [6.45, 7) is 0. The van der Waals surface area contributed by atoms with Crippen LogP contribution in [0.2, 0.25) is 0 Å². The van der Waals surface area contributed by atoms with Gasteiger partial charge >= 0.3 is 6.03 Å². The smallest absolute Gasteiger partial charge is 0.323 e. The molecule has 1 heterocycles. The Labute approximate surface area is 121 Å². The maximum absolute atomic E-state index is 11.8. The van der Waals surface area contributed by atoms with Gasteiger partial charge in [-0.25, -0.2) is 9.78 Å². The first kappa shape index (κ1) is 12.9. The molecular formula is C16H13N3O2. The van der Waals surface area contributed by atoms with E-state index < -0.39 is 0 Å². The van der Waals surface area contributed by atoms with Crippen LogP contribution in [0.1, 0.15) is 0 Å². The molecule has 5 heteroatoms. The number of anilines is 2. The Hall–Kier alpha value is -3.08. The van der Waals surface area contributed by atoms with Crippen LogP contribution in [0.15, 0.2) is 71.6 Å². The van der Waals surface area contributed by atoms with Crippen molar-refractivity contribution in [2.45, 2.75) is 0 Å². The number of amides is 2. The van der Waals surface area contributed by atoms with Crippen LogP contribution in [0.4, 0.5) is 16.2 Å². The number of benzene rings is 2. The SMILES string of the molecule is O=C(Nc1ccccc1)Nc1ccc(-c2cnco2)cc1. The van der Waals surface area contributed by atoms with Crippen molar-refractivity contribution >= 4 is 17.4 Å². The largest absolute Gasteiger partial charge is 0.444 e. The number of nitrogens with one attached hydrogen (secondary N) is 2. The second-order valence-electron chi connectivity index (χ2n) is 4.39. The Morgan fingerprint density at radius 1 is 0.905 bits per heavy atom. The van der Waals surface area contributed by atoms with Crippen LogP contribution >= 0.6 is 0 Å². The molecule has 0 atom stereocenters. The zero-order valence-corrected chi connectivity index (χ0v) is 11.1. The lowest BCUT2D eigenvalue weighted by Crippen LogP contribution is -2.19. The van der Waals surface area contributed by atoms with E-state index in [0.29, 0.717) is 11.4 Å². The molecule has 21 heavy (non-hydrogen) atoms. The third kappa shape index (κ3) is 3.27. The molecule has 0 unspecified atom stereocenters. The number of hydrogen-bond donors (Lipinski definition) is 2. The van der Waals surface area contributed by atoms with E-state index in [4.69, 9.17) is 4.42 Å². The molecule has 0 radical (unpaired) electrons. The third-order valence-electron chi connectivity index (χ3n) is 2.89. The van der Waals surface area contributed by atoms with Gasteiger partial charge in [-0.15, -0.1) is 0 Å². The van der Waals surface area contributed by atoms with Crippen LogP contribution in [0, 0.1) is 0 Å². The summed E-state index contributed by atoms with van der Waals surface area (Å²) in [7, 11) is 0. The Balaban J connectivity index is 1.64. The Morgan fingerprint density at radius 3 is 2.19 bits per heavy atom. The predicted octanol–water partition coefficient (Wildman–Crippen LogP) is 3.99. The summed E-state index contributed by atoms with van der Waals surface area (Å²) in [4.78, 5) is 15.7. The summed E-state index contributed by atoms with van der Waals surface area (Å²) in [6.07, 6.45) is 3.03. The molecule has 5 nitrogen and oxygen atoms in total. The van der Waals surface area contributed by atoms with Gasteiger partial charge in [0.25, 0.3) is 0 Å². The number of nitrogens with zero attached hydrogens (tertiary/aromatic N) is 1. The van der Waals surface area contributed by atoms with Crippen LogP contribution in [0.25, 0.3) is 11.3 Å². The highest BCUT2D eigenvalue weighted by molar-refractivity contribution is 5.99. The fourth-order valence-electron chi connectivity index (χ4n) is 1.89. The van der Waals surface area contributed by atoms with Gasteiger partial charge in [-0.1, -0.05) is 18.2 Å². The summed E-state index contributed by atoms with van der Waals surface area (Å²) in [5.41, 5.74) is 2.35. The van der Waals surface area contributed by atoms with Crippen molar-refractivity contribution in [1.82, 2.24) is 4.98 Å². The Kier molecular flexibility index (Phi) is 3.64. The average Bonchev–Trinajstić information content (AvgIpc) is 3.03. The summed E-state index contributed by atoms with van der Waals surface area (Å²) in [5, 5.41) is 5.52. The van der Waals surface area contributed by atoms with Gasteiger partial charge in [-0.3, -0.25) is 0 Å². The normalized spacial score (nSPS) is 10.1. The highest BCUT2D eigenvalue weighted by Crippen LogP contribution is 2.20. The number of carbonyl (C=O) groups is 1. The fraction of sp³-hybridized carbons (Fsp3) is 0. The van der Waals surface area contributed by atoms with Gasteiger partial charge in [0.05, 0.1) is 6.20 Å². The number of aromatic nitrogens is 1. The number of urea groups is 1. The molecule has 3 aromatic rings. The van der Waals surface area contributed by atoms with E-state index >= 15 is 0 Å². The van der Waals surface area contributed by atoms with Crippen molar-refractivity contribution in [2.75, 3.05) is 10.6 Å². The molecule has 104 valence electrons. The lowest BCUT2D eigenvalue weighted by molar-refractivity contribution is 0.262. The summed E-state index contributed by atoms with van der Waals surface area (Å²) >= 11 is 0. The minimum atomic E-state index is -0.284. The van der Waals surface area contributed by atoms with Gasteiger partial charge in [0, 0.05) is 16.9 Å². The van der Waals surface area contributed by atoms with Crippen molar-refractivity contribution in [2.24, 2.45) is 0 Å². The van der Waals surface area contributed by atoms with Crippen LogP contribution in [0.5, 0.6) is 0 Å². The second-order valence-corrected chi connectivity index (χ2v) is 4.39. The maximum Gasteiger partial charge on any atom is 0.323 e. The van der Waals surface area contributed by atoms with E-state index in [9.17, 15) is 4.79 Å². The van der Waals surface area contributed by atoms with Gasteiger partial charge in [-0.2, -0.15) is 0 Å². The summed E-state index contributed by atoms with van der Waals surface area (Å²) in [6, 6.07) is 16.3. The van der Waals surface area contributed by atoms with Gasteiger partial charge in [0.1, 0.15) is 0 Å². The minimum absolute atomic E-state index is 0.284. The number of rotatable bonds is 3. The van der Waals surface area contributed by atoms with Crippen molar-refractivity contribution in [3.63, 3.8) is 0 Å². The molecule has 0 aliphatic rings. The first-order valence-electron chi connectivity index (χ1n) is 6.43. The van der Waals surface area contributed by atoms with Crippen LogP contribution in [-0.4, -0.2) is 11.0 Å². The van der Waals surface area contributed by atoms with E-state index in [0.717, 1.165) is 11.3 Å². The predicted molar refractivity (Wildman–Crippen MR) is 81.0 cm³/mol. The number of oxazole rings is 1. The van der Waals surface area contributed by atoms with Gasteiger partial charge in [0.15, 0.2) is 12.2 Å². The Bertz CT molecular complexity index is 707. The minimum Gasteiger partial charge on any atom is -0.444 e. The lowest BCUT2D eigenvalue weighted by Gasteiger charge is -2.07. The first-order valence-corrected chi connectivity index (χ1v) is 6.43. The third-order valence-corrected chi connectivity index (χ3v) is 2.89. The second kappa shape index (κ2) is 5.92. The van der Waals surface area contributed by atoms with E-state index in [1.165, 1.54) is 6.39 Å². The van der Waals surface area contributed by atoms with Crippen molar-refractivity contribution in [3.8, 4) is 11.3 Å². The zero-order chi connectivity index (χ0) is 14.5. The van der Waals surface area contributed by atoms with Gasteiger partial charge in [0.2, 0.25) is 0 Å². The molecule has 0 saturated heterocycles. The van der Waals surface area contributed by atoms with Crippen molar-refractivity contribution in [1.29, 1.82) is 0 Å². The fourth-order valence-corrected chi connectivity index (χ4v) is 1.89. The monoisotopic (exact) mass is 279 g/mol. The quantitative estimate of drug-likeness (QED) is 0.761. The molecule has 1 aromatic heterocycles. The van der Waals surface area contributed by atoms with Crippen molar-refractivity contribution < 1.29 is 9.21 Å². The molecule has 0 aliphatic heterocycles. The molecule has 0 bridgehead atoms. The number of hydrogen-bond acceptors (Lipinski definition) is 3. The van der Waals surface area contributed by atoms with E-state index in [-0.39, 0.29) is 6.03 Å². The summed E-state index contributed by atoms with van der Waals surface area (Å²) in [5.74, 6) is 0.690. The molecular weight excluding hydrogens is 266 g/mol. The van der Waals surface area contributed by atoms with Crippen molar-refractivity contribution in [3.05, 3.63) is 67.2 Å². The highest BCUT2D eigenvalue weighted by atomic mass is 16.3. The molecule has 0 fully saturated rings. The molecule has 2 aromatic carbocycles. The standard InChI is InChI=1S/C16H13N3O2/c20-16(18-13-4-2-1-3-5-13)19-14-8-6-12(7-9-14)15-10-17-11-21-15/h1-11H,(H2,18,19,20). The van der Waals surface area contributed by atoms with Gasteiger partial charge < -0.3 is 15.1 Å². The average molecular weight is 279 g/mol.